The van der Waals surface area contributed by atoms with Crippen molar-refractivity contribution in [3.63, 3.8) is 0 Å². The van der Waals surface area contributed by atoms with Crippen LogP contribution >= 0.6 is 0 Å². The van der Waals surface area contributed by atoms with Crippen LogP contribution < -0.4 is 15.0 Å². The summed E-state index contributed by atoms with van der Waals surface area (Å²) in [7, 11) is 0. The lowest BCUT2D eigenvalue weighted by atomic mass is 10.2. The highest BCUT2D eigenvalue weighted by Gasteiger charge is 2.18. The van der Waals surface area contributed by atoms with Gasteiger partial charge in [-0.1, -0.05) is 12.1 Å². The first-order valence-electron chi connectivity index (χ1n) is 4.93. The lowest BCUT2D eigenvalue weighted by Gasteiger charge is -2.07. The second kappa shape index (κ2) is 3.41. The number of para-hydroxylation sites is 1. The van der Waals surface area contributed by atoms with E-state index in [9.17, 15) is 4.79 Å². The van der Waals surface area contributed by atoms with Gasteiger partial charge in [-0.25, -0.2) is 0 Å². The molecule has 0 atom stereocenters. The first kappa shape index (κ1) is 9.03. The van der Waals surface area contributed by atoms with Gasteiger partial charge < -0.3 is 9.47 Å². The number of benzene rings is 1. The Kier molecular flexibility index (Phi) is 1.93. The maximum atomic E-state index is 11.7. The van der Waals surface area contributed by atoms with Crippen molar-refractivity contribution in [1.82, 2.24) is 4.57 Å². The molecule has 1 aliphatic rings. The van der Waals surface area contributed by atoms with E-state index in [2.05, 4.69) is 0 Å². The third-order valence-corrected chi connectivity index (χ3v) is 2.46. The number of nitrogens with zero attached hydrogens (tertiary/aromatic N) is 1. The average Bonchev–Trinajstić information content (AvgIpc) is 2.77. The third-order valence-electron chi connectivity index (χ3n) is 2.46. The first-order chi connectivity index (χ1) is 7.86. The van der Waals surface area contributed by atoms with Gasteiger partial charge in [0.25, 0.3) is 5.56 Å². The zero-order valence-electron chi connectivity index (χ0n) is 8.42. The van der Waals surface area contributed by atoms with Crippen LogP contribution in [0.2, 0.25) is 0 Å². The Labute approximate surface area is 91.7 Å². The van der Waals surface area contributed by atoms with E-state index in [1.54, 1.807) is 18.3 Å². The molecule has 0 bridgehead atoms. The lowest BCUT2D eigenvalue weighted by molar-refractivity contribution is 0.173. The van der Waals surface area contributed by atoms with Crippen molar-refractivity contribution in [2.45, 2.75) is 0 Å². The Morgan fingerprint density at radius 2 is 2.00 bits per heavy atom. The van der Waals surface area contributed by atoms with E-state index in [1.165, 1.54) is 10.6 Å². The van der Waals surface area contributed by atoms with Crippen molar-refractivity contribution in [3.8, 4) is 17.2 Å². The van der Waals surface area contributed by atoms with Gasteiger partial charge in [0.05, 0.1) is 5.69 Å². The standard InChI is InChI=1S/C12H9NO3/c14-11-6-1-2-7-13(11)9-4-3-5-10-12(9)16-8-15-10/h1-7H,8H2. The van der Waals surface area contributed by atoms with Crippen LogP contribution in [-0.4, -0.2) is 11.4 Å². The van der Waals surface area contributed by atoms with Gasteiger partial charge in [-0.15, -0.1) is 0 Å². The fraction of sp³-hybridized carbons (Fsp3) is 0.0833. The molecule has 0 saturated carbocycles. The highest BCUT2D eigenvalue weighted by Crippen LogP contribution is 2.36. The molecule has 1 aromatic heterocycles. The number of pyridine rings is 1. The minimum atomic E-state index is -0.0913. The van der Waals surface area contributed by atoms with E-state index in [4.69, 9.17) is 9.47 Å². The van der Waals surface area contributed by atoms with Gasteiger partial charge in [0, 0.05) is 12.3 Å². The molecule has 16 heavy (non-hydrogen) atoms. The summed E-state index contributed by atoms with van der Waals surface area (Å²) in [6, 6.07) is 10.5. The minimum absolute atomic E-state index is 0.0913. The Hall–Kier alpha value is -2.23. The summed E-state index contributed by atoms with van der Waals surface area (Å²) in [5, 5.41) is 0. The predicted molar refractivity (Wildman–Crippen MR) is 58.2 cm³/mol. The van der Waals surface area contributed by atoms with Gasteiger partial charge in [-0.3, -0.25) is 9.36 Å². The molecule has 80 valence electrons. The number of hydrogen-bond acceptors (Lipinski definition) is 3. The largest absolute Gasteiger partial charge is 0.454 e. The maximum absolute atomic E-state index is 11.7. The number of rotatable bonds is 1. The average molecular weight is 215 g/mol. The zero-order valence-corrected chi connectivity index (χ0v) is 8.42. The van der Waals surface area contributed by atoms with E-state index in [0.29, 0.717) is 17.2 Å². The van der Waals surface area contributed by atoms with Crippen molar-refractivity contribution in [2.75, 3.05) is 6.79 Å². The first-order valence-corrected chi connectivity index (χ1v) is 4.93. The van der Waals surface area contributed by atoms with Crippen molar-refractivity contribution >= 4 is 0 Å². The fourth-order valence-electron chi connectivity index (χ4n) is 1.73. The van der Waals surface area contributed by atoms with Crippen LogP contribution in [0.15, 0.2) is 47.4 Å². The van der Waals surface area contributed by atoms with Crippen LogP contribution in [0, 0.1) is 0 Å². The van der Waals surface area contributed by atoms with Gasteiger partial charge in [-0.2, -0.15) is 0 Å². The molecule has 4 heteroatoms. The minimum Gasteiger partial charge on any atom is -0.454 e. The summed E-state index contributed by atoms with van der Waals surface area (Å²) in [4.78, 5) is 11.7. The molecule has 0 N–H and O–H groups in total. The molecule has 0 radical (unpaired) electrons. The molecule has 0 aliphatic carbocycles. The third kappa shape index (κ3) is 1.27. The second-order valence-electron chi connectivity index (χ2n) is 3.42. The number of ether oxygens (including phenoxy) is 2. The molecule has 1 aromatic carbocycles. The monoisotopic (exact) mass is 215 g/mol. The molecular formula is C12H9NO3. The quantitative estimate of drug-likeness (QED) is 0.724. The van der Waals surface area contributed by atoms with Crippen LogP contribution in [0.4, 0.5) is 0 Å². The van der Waals surface area contributed by atoms with Crippen LogP contribution in [0.25, 0.3) is 5.69 Å². The summed E-state index contributed by atoms with van der Waals surface area (Å²) < 4.78 is 12.2. The van der Waals surface area contributed by atoms with Gasteiger partial charge >= 0.3 is 0 Å². The SMILES string of the molecule is O=c1ccccn1-c1cccc2c1OCO2. The molecule has 2 aromatic rings. The van der Waals surface area contributed by atoms with Gasteiger partial charge in [0.1, 0.15) is 0 Å². The van der Waals surface area contributed by atoms with Gasteiger partial charge in [0.2, 0.25) is 6.79 Å². The Balaban J connectivity index is 2.25. The number of hydrogen-bond donors (Lipinski definition) is 0. The lowest BCUT2D eigenvalue weighted by Crippen LogP contribution is -2.15. The van der Waals surface area contributed by atoms with Crippen molar-refractivity contribution in [2.24, 2.45) is 0 Å². The van der Waals surface area contributed by atoms with Crippen LogP contribution in [0.1, 0.15) is 0 Å². The summed E-state index contributed by atoms with van der Waals surface area (Å²) in [5.74, 6) is 1.30. The zero-order chi connectivity index (χ0) is 11.0. The summed E-state index contributed by atoms with van der Waals surface area (Å²) >= 11 is 0. The summed E-state index contributed by atoms with van der Waals surface area (Å²) in [6.07, 6.45) is 1.71. The van der Waals surface area contributed by atoms with E-state index in [1.807, 2.05) is 18.2 Å². The van der Waals surface area contributed by atoms with Crippen molar-refractivity contribution < 1.29 is 9.47 Å². The normalized spacial score (nSPS) is 12.8. The van der Waals surface area contributed by atoms with Crippen LogP contribution in [0.5, 0.6) is 11.5 Å². The Morgan fingerprint density at radius 3 is 2.88 bits per heavy atom. The molecule has 0 saturated heterocycles. The molecular weight excluding hydrogens is 206 g/mol. The van der Waals surface area contributed by atoms with E-state index < -0.39 is 0 Å². The molecule has 1 aliphatic heterocycles. The number of aromatic nitrogens is 1. The molecule has 0 amide bonds. The Morgan fingerprint density at radius 1 is 1.06 bits per heavy atom. The van der Waals surface area contributed by atoms with Crippen LogP contribution in [-0.2, 0) is 0 Å². The maximum Gasteiger partial charge on any atom is 0.255 e. The van der Waals surface area contributed by atoms with E-state index >= 15 is 0 Å². The summed E-state index contributed by atoms with van der Waals surface area (Å²) in [6.45, 7) is 0.202. The highest BCUT2D eigenvalue weighted by molar-refractivity contribution is 5.56. The van der Waals surface area contributed by atoms with Gasteiger partial charge in [0.15, 0.2) is 11.5 Å². The molecule has 0 spiro atoms. The van der Waals surface area contributed by atoms with E-state index in [-0.39, 0.29) is 12.4 Å². The second-order valence-corrected chi connectivity index (χ2v) is 3.42. The van der Waals surface area contributed by atoms with Crippen molar-refractivity contribution in [3.05, 3.63) is 52.9 Å². The molecule has 3 rings (SSSR count). The van der Waals surface area contributed by atoms with E-state index in [0.717, 1.165) is 0 Å². The number of fused-ring (bicyclic) bond motifs is 1. The molecule has 0 unspecified atom stereocenters. The highest BCUT2D eigenvalue weighted by atomic mass is 16.7. The van der Waals surface area contributed by atoms with Gasteiger partial charge in [-0.05, 0) is 18.2 Å². The fourth-order valence-corrected chi connectivity index (χ4v) is 1.73. The molecule has 2 heterocycles. The molecule has 4 nitrogen and oxygen atoms in total. The smallest absolute Gasteiger partial charge is 0.255 e. The molecule has 0 fully saturated rings. The topological polar surface area (TPSA) is 40.5 Å². The summed E-state index contributed by atoms with van der Waals surface area (Å²) in [5.41, 5.74) is 0.618. The Bertz CT molecular complexity index is 589. The van der Waals surface area contributed by atoms with Crippen LogP contribution in [0.3, 0.4) is 0 Å². The van der Waals surface area contributed by atoms with Crippen molar-refractivity contribution in [1.29, 1.82) is 0 Å². The predicted octanol–water partition coefficient (Wildman–Crippen LogP) is 1.57.